The first-order chi connectivity index (χ1) is 16.3. The van der Waals surface area contributed by atoms with Gasteiger partial charge in [0.15, 0.2) is 11.6 Å². The topological polar surface area (TPSA) is 103 Å². The first-order valence-corrected chi connectivity index (χ1v) is 11.6. The molecule has 6 rings (SSSR count). The van der Waals surface area contributed by atoms with Crippen LogP contribution in [0.3, 0.4) is 0 Å². The predicted octanol–water partition coefficient (Wildman–Crippen LogP) is 2.60. The molecule has 2 aliphatic carbocycles. The van der Waals surface area contributed by atoms with Crippen molar-refractivity contribution in [1.82, 2.24) is 13.9 Å². The average molecular weight is 520 g/mol. The SMILES string of the molecule is Cn1c(=O)n2n(c1=O)[C@@H]1CC3=C(C(=O)C=C(Br)C3=O)[C@@H](c3ccc(O)c4ccccc34)C1=CC2. The van der Waals surface area contributed by atoms with E-state index in [1.54, 1.807) is 18.2 Å². The number of carbonyl (C=O) groups excluding carboxylic acids is 2. The number of aromatic nitrogens is 3. The zero-order chi connectivity index (χ0) is 23.9. The van der Waals surface area contributed by atoms with Crippen molar-refractivity contribution in [3.8, 4) is 5.75 Å². The third-order valence-electron chi connectivity index (χ3n) is 7.04. The molecular weight excluding hydrogens is 502 g/mol. The lowest BCUT2D eigenvalue weighted by molar-refractivity contribution is -0.115. The van der Waals surface area contributed by atoms with Crippen LogP contribution in [-0.2, 0) is 23.2 Å². The van der Waals surface area contributed by atoms with Crippen molar-refractivity contribution in [3.05, 3.63) is 96.3 Å². The Morgan fingerprint density at radius 1 is 1.00 bits per heavy atom. The number of ketones is 2. The number of fused-ring (bicyclic) bond motifs is 4. The van der Waals surface area contributed by atoms with E-state index in [2.05, 4.69) is 15.9 Å². The molecule has 1 N–H and O–H groups in total. The van der Waals surface area contributed by atoms with Gasteiger partial charge in [0.1, 0.15) is 5.75 Å². The van der Waals surface area contributed by atoms with Crippen LogP contribution >= 0.6 is 15.9 Å². The van der Waals surface area contributed by atoms with Crippen molar-refractivity contribution in [2.24, 2.45) is 7.05 Å². The molecule has 0 bridgehead atoms. The minimum atomic E-state index is -0.608. The summed E-state index contributed by atoms with van der Waals surface area (Å²) in [4.78, 5) is 52.1. The molecule has 170 valence electrons. The molecule has 0 unspecified atom stereocenters. The fourth-order valence-electron chi connectivity index (χ4n) is 5.50. The van der Waals surface area contributed by atoms with Gasteiger partial charge < -0.3 is 5.11 Å². The van der Waals surface area contributed by atoms with Gasteiger partial charge in [-0.05, 0) is 38.5 Å². The zero-order valence-electron chi connectivity index (χ0n) is 18.0. The van der Waals surface area contributed by atoms with E-state index in [0.29, 0.717) is 16.5 Å². The number of carbonyl (C=O) groups is 2. The molecule has 3 aliphatic rings. The number of phenolic OH excluding ortho intramolecular Hbond substituents is 1. The third-order valence-corrected chi connectivity index (χ3v) is 7.62. The van der Waals surface area contributed by atoms with E-state index in [1.165, 1.54) is 22.5 Å². The van der Waals surface area contributed by atoms with Crippen LogP contribution in [0.25, 0.3) is 10.8 Å². The second-order valence-corrected chi connectivity index (χ2v) is 9.56. The van der Waals surface area contributed by atoms with Gasteiger partial charge in [0, 0.05) is 42.0 Å². The van der Waals surface area contributed by atoms with Crippen molar-refractivity contribution in [2.45, 2.75) is 24.9 Å². The monoisotopic (exact) mass is 519 g/mol. The smallest absolute Gasteiger partial charge is 0.347 e. The summed E-state index contributed by atoms with van der Waals surface area (Å²) in [6, 6.07) is 10.1. The molecule has 2 atom stereocenters. The largest absolute Gasteiger partial charge is 0.507 e. The van der Waals surface area contributed by atoms with Gasteiger partial charge in [0.2, 0.25) is 0 Å². The van der Waals surface area contributed by atoms with E-state index in [9.17, 15) is 24.3 Å². The van der Waals surface area contributed by atoms with Crippen LogP contribution in [0.4, 0.5) is 0 Å². The van der Waals surface area contributed by atoms with Crippen molar-refractivity contribution < 1.29 is 14.7 Å². The quantitative estimate of drug-likeness (QED) is 0.393. The number of rotatable bonds is 1. The lowest BCUT2D eigenvalue weighted by Gasteiger charge is -2.39. The minimum absolute atomic E-state index is 0.111. The number of hydrogen-bond donors (Lipinski definition) is 1. The van der Waals surface area contributed by atoms with Gasteiger partial charge in [-0.25, -0.2) is 23.5 Å². The highest BCUT2D eigenvalue weighted by Crippen LogP contribution is 2.51. The number of aromatic hydroxyl groups is 1. The molecule has 8 nitrogen and oxygen atoms in total. The highest BCUT2D eigenvalue weighted by Gasteiger charge is 2.45. The summed E-state index contributed by atoms with van der Waals surface area (Å²) >= 11 is 3.21. The van der Waals surface area contributed by atoms with Crippen LogP contribution in [0.5, 0.6) is 5.75 Å². The van der Waals surface area contributed by atoms with E-state index in [-0.39, 0.29) is 34.8 Å². The summed E-state index contributed by atoms with van der Waals surface area (Å²) < 4.78 is 4.00. The summed E-state index contributed by atoms with van der Waals surface area (Å²) in [6.07, 6.45) is 3.31. The molecule has 0 spiro atoms. The first-order valence-electron chi connectivity index (χ1n) is 10.8. The maximum Gasteiger partial charge on any atom is 0.347 e. The molecule has 34 heavy (non-hydrogen) atoms. The molecule has 2 heterocycles. The highest BCUT2D eigenvalue weighted by molar-refractivity contribution is 9.12. The predicted molar refractivity (Wildman–Crippen MR) is 128 cm³/mol. The molecule has 9 heteroatoms. The van der Waals surface area contributed by atoms with Crippen LogP contribution < -0.4 is 11.4 Å². The number of halogens is 1. The van der Waals surface area contributed by atoms with E-state index in [0.717, 1.165) is 21.1 Å². The number of phenols is 1. The van der Waals surface area contributed by atoms with Gasteiger partial charge in [-0.2, -0.15) is 0 Å². The second kappa shape index (κ2) is 7.14. The number of hydrogen-bond acceptors (Lipinski definition) is 5. The van der Waals surface area contributed by atoms with Gasteiger partial charge in [-0.15, -0.1) is 0 Å². The molecule has 0 saturated heterocycles. The van der Waals surface area contributed by atoms with Crippen LogP contribution in [0, 0.1) is 0 Å². The fraction of sp³-hybridized carbons (Fsp3) is 0.200. The lowest BCUT2D eigenvalue weighted by Crippen LogP contribution is -2.40. The number of benzene rings is 2. The van der Waals surface area contributed by atoms with E-state index >= 15 is 0 Å². The van der Waals surface area contributed by atoms with Gasteiger partial charge in [-0.1, -0.05) is 36.4 Å². The van der Waals surface area contributed by atoms with Crippen LogP contribution in [-0.4, -0.2) is 30.6 Å². The van der Waals surface area contributed by atoms with Crippen molar-refractivity contribution >= 4 is 38.3 Å². The number of allylic oxidation sites excluding steroid dienone is 6. The maximum atomic E-state index is 13.3. The van der Waals surface area contributed by atoms with Crippen LogP contribution in [0.15, 0.2) is 79.3 Å². The van der Waals surface area contributed by atoms with Gasteiger partial charge in [-0.3, -0.25) is 9.59 Å². The molecule has 0 amide bonds. The zero-order valence-corrected chi connectivity index (χ0v) is 19.6. The highest BCUT2D eigenvalue weighted by atomic mass is 79.9. The Kier molecular flexibility index (Phi) is 4.38. The van der Waals surface area contributed by atoms with Gasteiger partial charge in [0.05, 0.1) is 17.1 Å². The van der Waals surface area contributed by atoms with Crippen LogP contribution in [0.1, 0.15) is 23.9 Å². The Morgan fingerprint density at radius 3 is 2.50 bits per heavy atom. The summed E-state index contributed by atoms with van der Waals surface area (Å²) in [6.45, 7) is 0.178. The van der Waals surface area contributed by atoms with E-state index < -0.39 is 23.3 Å². The Morgan fingerprint density at radius 2 is 1.74 bits per heavy atom. The lowest BCUT2D eigenvalue weighted by atomic mass is 9.68. The average Bonchev–Trinajstić information content (AvgIpc) is 3.06. The standard InChI is InChI=1S/C25H18BrN3O5/c1-27-24(33)28-9-8-15-18(29(28)25(27)34)10-16-22(20(31)11-17(26)23(16)32)21(15)14-6-7-19(30)13-5-3-2-4-12(13)14/h2-8,11,18,21,30H,9-10H2,1H3/t18-,21+/m1/s1. The van der Waals surface area contributed by atoms with Crippen molar-refractivity contribution in [3.63, 3.8) is 0 Å². The first kappa shape index (κ1) is 20.9. The minimum Gasteiger partial charge on any atom is -0.507 e. The summed E-state index contributed by atoms with van der Waals surface area (Å²) in [5.41, 5.74) is 1.35. The molecule has 0 fully saturated rings. The molecule has 1 aliphatic heterocycles. The number of nitrogens with zero attached hydrogens (tertiary/aromatic N) is 3. The summed E-state index contributed by atoms with van der Waals surface area (Å²) in [5.74, 6) is -1.07. The summed E-state index contributed by atoms with van der Waals surface area (Å²) in [7, 11) is 1.43. The molecule has 2 aromatic carbocycles. The van der Waals surface area contributed by atoms with E-state index in [4.69, 9.17) is 0 Å². The summed E-state index contributed by atoms with van der Waals surface area (Å²) in [5, 5.41) is 11.8. The van der Waals surface area contributed by atoms with Gasteiger partial charge in [0.25, 0.3) is 0 Å². The Balaban J connectivity index is 1.68. The molecule has 3 aromatic rings. The molecule has 1 aromatic heterocycles. The number of Topliss-reactive ketones (excluding diaryl/α,β-unsaturated/α-hetero) is 1. The fourth-order valence-corrected chi connectivity index (χ4v) is 5.95. The molecule has 0 saturated carbocycles. The second-order valence-electron chi connectivity index (χ2n) is 8.71. The normalized spacial score (nSPS) is 21.7. The third kappa shape index (κ3) is 2.64. The maximum absolute atomic E-state index is 13.3. The van der Waals surface area contributed by atoms with Crippen molar-refractivity contribution in [2.75, 3.05) is 0 Å². The Hall–Kier alpha value is -3.72. The molecule has 0 radical (unpaired) electrons. The Labute approximate surface area is 200 Å². The van der Waals surface area contributed by atoms with E-state index in [1.807, 2.05) is 24.3 Å². The van der Waals surface area contributed by atoms with Crippen LogP contribution in [0.2, 0.25) is 0 Å². The van der Waals surface area contributed by atoms with Crippen molar-refractivity contribution in [1.29, 1.82) is 0 Å². The molecular formula is C25H18BrN3O5. The van der Waals surface area contributed by atoms with Gasteiger partial charge >= 0.3 is 11.4 Å². The Bertz CT molecular complexity index is 1680.